The lowest BCUT2D eigenvalue weighted by Crippen LogP contribution is -2.72. The molecule has 4 N–H and O–H groups in total. The molecule has 4 aliphatic rings. The second kappa shape index (κ2) is 31.0. The number of nitrogens with one attached hydrogen (secondary N) is 3. The molecule has 88 heavy (non-hydrogen) atoms. The average molecular weight is 1250 g/mol. The quantitative estimate of drug-likeness (QED) is 0.0829. The lowest BCUT2D eigenvalue weighted by atomic mass is 9.93. The van der Waals surface area contributed by atoms with E-state index in [-0.39, 0.29) is 6.61 Å². The number of amides is 3. The largest absolute Gasteiger partial charge is 0.480 e. The molecule has 2 aromatic carbocycles. The summed E-state index contributed by atoms with van der Waals surface area (Å²) in [6, 6.07) is 9.46. The van der Waals surface area contributed by atoms with E-state index in [1.165, 1.54) is 6.92 Å². The Morgan fingerprint density at radius 2 is 0.830 bits per heavy atom. The van der Waals surface area contributed by atoms with Gasteiger partial charge in [-0.05, 0) is 29.2 Å². The van der Waals surface area contributed by atoms with E-state index < -0.39 is 202 Å². The van der Waals surface area contributed by atoms with Crippen molar-refractivity contribution < 1.29 is 134 Å². The predicted molar refractivity (Wildman–Crippen MR) is 289 cm³/mol. The molecule has 1 unspecified atom stereocenters. The Hall–Kier alpha value is -8.36. The third-order valence-corrected chi connectivity index (χ3v) is 13.8. The Bertz CT molecular complexity index is 2870. The van der Waals surface area contributed by atoms with Crippen molar-refractivity contribution in [2.75, 3.05) is 26.4 Å². The van der Waals surface area contributed by atoms with Gasteiger partial charge in [-0.25, -0.2) is 9.59 Å². The second-order valence-corrected chi connectivity index (χ2v) is 20.7. The Morgan fingerprint density at radius 3 is 1.28 bits per heavy atom. The van der Waals surface area contributed by atoms with E-state index in [1.54, 1.807) is 0 Å². The van der Waals surface area contributed by atoms with Crippen molar-refractivity contribution in [2.24, 2.45) is 0 Å². The van der Waals surface area contributed by atoms with Crippen molar-refractivity contribution in [1.82, 2.24) is 16.0 Å². The number of carbonyl (C=O) groups excluding carboxylic acids is 11. The van der Waals surface area contributed by atoms with Gasteiger partial charge in [-0.1, -0.05) is 48.5 Å². The monoisotopic (exact) mass is 1250 g/mol. The highest BCUT2D eigenvalue weighted by Gasteiger charge is 2.59. The van der Waals surface area contributed by atoms with Crippen LogP contribution >= 0.6 is 0 Å². The van der Waals surface area contributed by atoms with Gasteiger partial charge in [0.15, 0.2) is 55.4 Å². The van der Waals surface area contributed by atoms with Crippen LogP contribution in [0.15, 0.2) is 48.5 Å². The van der Waals surface area contributed by atoms with E-state index in [4.69, 9.17) is 71.1 Å². The summed E-state index contributed by atoms with van der Waals surface area (Å²) < 4.78 is 88.2. The summed E-state index contributed by atoms with van der Waals surface area (Å²) in [5.41, 5.74) is 3.59. The van der Waals surface area contributed by atoms with Crippen LogP contribution in [-0.2, 0) is 124 Å². The first-order valence-corrected chi connectivity index (χ1v) is 27.6. The zero-order valence-corrected chi connectivity index (χ0v) is 49.8. The number of fused-ring (bicyclic) bond motifs is 3. The molecule has 17 atom stereocenters. The van der Waals surface area contributed by atoms with Gasteiger partial charge in [-0.2, -0.15) is 0 Å². The summed E-state index contributed by atoms with van der Waals surface area (Å²) in [4.78, 5) is 155. The molecule has 2 aromatic rings. The fourth-order valence-corrected chi connectivity index (χ4v) is 10.5. The molecule has 0 saturated carbocycles. The van der Waals surface area contributed by atoms with E-state index in [1.807, 2.05) is 48.5 Å². The smallest absolute Gasteiger partial charge is 0.407 e. The summed E-state index contributed by atoms with van der Waals surface area (Å²) in [5.74, 6) is -11.5. The molecule has 6 rings (SSSR count). The maximum Gasteiger partial charge on any atom is 0.407 e. The Morgan fingerprint density at radius 1 is 0.443 bits per heavy atom. The normalized spacial score (nSPS) is 27.8. The molecular weight excluding hydrogens is 1170 g/mol. The van der Waals surface area contributed by atoms with Crippen LogP contribution in [0.5, 0.6) is 0 Å². The van der Waals surface area contributed by atoms with Gasteiger partial charge < -0.3 is 92.1 Å². The molecular formula is C57H71N3O28. The zero-order chi connectivity index (χ0) is 64.8. The number of esters is 8. The molecule has 3 amide bonds. The van der Waals surface area contributed by atoms with Gasteiger partial charge in [0.05, 0.1) is 6.10 Å². The van der Waals surface area contributed by atoms with Gasteiger partial charge in [-0.3, -0.25) is 47.9 Å². The number of carboxylic acid groups (broad SMARTS) is 1. The first-order chi connectivity index (χ1) is 41.5. The number of rotatable bonds is 24. The average Bonchev–Trinajstić information content (AvgIpc) is 1.35. The van der Waals surface area contributed by atoms with Crippen LogP contribution in [0.25, 0.3) is 11.1 Å². The van der Waals surface area contributed by atoms with Gasteiger partial charge in [-0.15, -0.1) is 0 Å². The second-order valence-electron chi connectivity index (χ2n) is 20.7. The topological polar surface area (TPSA) is 400 Å². The first kappa shape index (κ1) is 68.7. The highest BCUT2D eigenvalue weighted by Crippen LogP contribution is 2.45. The zero-order valence-electron chi connectivity index (χ0n) is 49.8. The van der Waals surface area contributed by atoms with Crippen molar-refractivity contribution in [1.29, 1.82) is 0 Å². The minimum Gasteiger partial charge on any atom is -0.480 e. The van der Waals surface area contributed by atoms with E-state index in [9.17, 15) is 62.6 Å². The molecule has 0 spiro atoms. The molecule has 3 heterocycles. The highest BCUT2D eigenvalue weighted by molar-refractivity contribution is 5.82. The summed E-state index contributed by atoms with van der Waals surface area (Å²) in [6.45, 7) is 8.66. The lowest BCUT2D eigenvalue weighted by Gasteiger charge is -2.51. The van der Waals surface area contributed by atoms with E-state index in [0.717, 1.165) is 91.5 Å². The third kappa shape index (κ3) is 18.4. The van der Waals surface area contributed by atoms with Crippen LogP contribution in [-0.4, -0.2) is 207 Å². The standard InChI is InChI=1S/C57H71N3O28/c1-24(43(53(71)72)60-57(73)77-20-39-37-18-14-12-16-35(37)36-17-13-15-19-38(36)39)78-54-45(59-26(3)62)50(46(79-30(7)66)40(84-54)21-74-27(4)63)88-55-44(58-25(2)61)49(81-32(9)68)47(41(85-55)22-75-28(5)64)87-56-52(83-34(11)70)51(82-33(10)69)48(80-31(8)67)42(86-56)23-76-29(6)65/h12-19,24,39-52,54-56H,20-23H2,1-11H3,(H,58,61)(H,59,62)(H,60,73)(H,71,72)/t24-,40+,41+,42?,43-,44+,45+,46-,47+,48-,49+,50+,51-,52+,54-,55-,56-/m0/s1. The summed E-state index contributed by atoms with van der Waals surface area (Å²) in [5, 5.41) is 18.0. The molecule has 0 bridgehead atoms. The molecule has 31 heteroatoms. The molecule has 3 fully saturated rings. The third-order valence-electron chi connectivity index (χ3n) is 13.8. The first-order valence-electron chi connectivity index (χ1n) is 27.6. The summed E-state index contributed by atoms with van der Waals surface area (Å²) in [6.07, 6.45) is -26.8. The van der Waals surface area contributed by atoms with Gasteiger partial charge in [0, 0.05) is 75.2 Å². The molecule has 3 aliphatic heterocycles. The number of hydrogen-bond donors (Lipinski definition) is 4. The Balaban J connectivity index is 1.41. The van der Waals surface area contributed by atoms with E-state index >= 15 is 0 Å². The van der Waals surface area contributed by atoms with Gasteiger partial charge in [0.2, 0.25) is 11.8 Å². The van der Waals surface area contributed by atoms with E-state index in [2.05, 4.69) is 16.0 Å². The van der Waals surface area contributed by atoms with Gasteiger partial charge >= 0.3 is 59.8 Å². The van der Waals surface area contributed by atoms with Crippen LogP contribution in [0.4, 0.5) is 4.79 Å². The number of ether oxygens (including phenoxy) is 15. The summed E-state index contributed by atoms with van der Waals surface area (Å²) >= 11 is 0. The number of aliphatic carboxylic acids is 1. The SMILES string of the molecule is CC(=O)N[C@H]1[C@@H](O[C@@H](C)[C@H](NC(=O)OCC2c3ccccc3-c3ccccc32)C(=O)O)O[C@H](COC(C)=O)[C@H](OC(C)=O)[C@@H]1O[C@@H]1O[C@H](COC(C)=O)[C@@H](O[C@@H]2OC(COC(C)=O)[C@H](OC(C)=O)[C@H](OC(C)=O)[C@H]2OC(C)=O)[C@H](OC(C)=O)[C@H]1NC(C)=O. The van der Waals surface area contributed by atoms with Crippen molar-refractivity contribution in [3.63, 3.8) is 0 Å². The fraction of sp³-hybridized carbons (Fsp3) is 0.579. The fourth-order valence-electron chi connectivity index (χ4n) is 10.5. The number of carboxylic acids is 1. The summed E-state index contributed by atoms with van der Waals surface area (Å²) in [7, 11) is 0. The minimum atomic E-state index is -2.06. The van der Waals surface area contributed by atoms with Crippen LogP contribution in [0.2, 0.25) is 0 Å². The highest BCUT2D eigenvalue weighted by atomic mass is 16.8. The van der Waals surface area contributed by atoms with Crippen LogP contribution in [0.3, 0.4) is 0 Å². The van der Waals surface area contributed by atoms with Crippen LogP contribution < -0.4 is 16.0 Å². The predicted octanol–water partition coefficient (Wildman–Crippen LogP) is 0.686. The Labute approximate surface area is 503 Å². The van der Waals surface area contributed by atoms with Crippen molar-refractivity contribution in [2.45, 2.75) is 186 Å². The molecule has 31 nitrogen and oxygen atoms in total. The molecule has 0 aromatic heterocycles. The molecule has 0 radical (unpaired) electrons. The maximum atomic E-state index is 13.6. The number of benzene rings is 2. The number of carbonyl (C=O) groups is 12. The lowest BCUT2D eigenvalue weighted by molar-refractivity contribution is -0.362. The van der Waals surface area contributed by atoms with Gasteiger partial charge in [0.25, 0.3) is 0 Å². The van der Waals surface area contributed by atoms with Crippen molar-refractivity contribution in [3.8, 4) is 11.1 Å². The Kier molecular flexibility index (Phi) is 24.2. The van der Waals surface area contributed by atoms with Crippen molar-refractivity contribution in [3.05, 3.63) is 59.7 Å². The van der Waals surface area contributed by atoms with E-state index in [0.29, 0.717) is 0 Å². The number of alkyl carbamates (subject to hydrolysis) is 1. The number of hydrogen-bond acceptors (Lipinski definition) is 27. The molecule has 482 valence electrons. The minimum absolute atomic E-state index is 0.211. The molecule has 1 aliphatic carbocycles. The van der Waals surface area contributed by atoms with Gasteiger partial charge in [0.1, 0.15) is 69.0 Å². The maximum absolute atomic E-state index is 13.6. The van der Waals surface area contributed by atoms with Crippen molar-refractivity contribution >= 4 is 71.6 Å². The van der Waals surface area contributed by atoms with Crippen LogP contribution in [0, 0.1) is 0 Å². The molecule has 3 saturated heterocycles. The van der Waals surface area contributed by atoms with Crippen LogP contribution in [0.1, 0.15) is 93.2 Å².